The predicted octanol–water partition coefficient (Wildman–Crippen LogP) is 5.76. The van der Waals surface area contributed by atoms with Gasteiger partial charge in [0.05, 0.1) is 35.1 Å². The maximum Gasteiger partial charge on any atom is 0.264 e. The smallest absolute Gasteiger partial charge is 0.264 e. The third-order valence-corrected chi connectivity index (χ3v) is 6.07. The standard InChI is InChI=1S/C23H20ClN3O2S/c1-3-15-7-6-9-20-21(15)26-23(30-20)27(14-17-8-4-5-12-25-17)22(28)18-13-16(24)10-11-19(18)29-2/h4-13H,3,14H2,1-2H3. The van der Waals surface area contributed by atoms with Crippen molar-refractivity contribution >= 4 is 44.2 Å². The van der Waals surface area contributed by atoms with Crippen molar-refractivity contribution in [3.63, 3.8) is 0 Å². The van der Waals surface area contributed by atoms with E-state index >= 15 is 0 Å². The van der Waals surface area contributed by atoms with Gasteiger partial charge >= 0.3 is 0 Å². The summed E-state index contributed by atoms with van der Waals surface area (Å²) < 4.78 is 6.46. The number of halogens is 1. The van der Waals surface area contributed by atoms with Crippen molar-refractivity contribution in [1.29, 1.82) is 0 Å². The second-order valence-corrected chi connectivity index (χ2v) is 8.12. The molecule has 4 aromatic rings. The Labute approximate surface area is 183 Å². The minimum atomic E-state index is -0.239. The number of benzene rings is 2. The molecule has 0 saturated carbocycles. The number of methoxy groups -OCH3 is 1. The second-order valence-electron chi connectivity index (χ2n) is 6.67. The van der Waals surface area contributed by atoms with Crippen LogP contribution in [0.3, 0.4) is 0 Å². The lowest BCUT2D eigenvalue weighted by Crippen LogP contribution is -2.31. The average molecular weight is 438 g/mol. The summed E-state index contributed by atoms with van der Waals surface area (Å²) in [7, 11) is 1.54. The Kier molecular flexibility index (Phi) is 5.97. The summed E-state index contributed by atoms with van der Waals surface area (Å²) in [4.78, 5) is 24.5. The van der Waals surface area contributed by atoms with Crippen LogP contribution in [0.4, 0.5) is 5.13 Å². The van der Waals surface area contributed by atoms with Gasteiger partial charge in [0.25, 0.3) is 5.91 Å². The van der Waals surface area contributed by atoms with Crippen molar-refractivity contribution in [2.45, 2.75) is 19.9 Å². The molecule has 30 heavy (non-hydrogen) atoms. The molecule has 5 nitrogen and oxygen atoms in total. The number of anilines is 1. The minimum absolute atomic E-state index is 0.239. The molecule has 0 aliphatic rings. The molecule has 0 unspecified atom stereocenters. The predicted molar refractivity (Wildman–Crippen MR) is 122 cm³/mol. The molecule has 7 heteroatoms. The van der Waals surface area contributed by atoms with Crippen molar-refractivity contribution in [3.05, 3.63) is 82.6 Å². The van der Waals surface area contributed by atoms with Gasteiger partial charge in [0.1, 0.15) is 5.75 Å². The molecule has 0 bridgehead atoms. The van der Waals surface area contributed by atoms with Crippen LogP contribution in [-0.4, -0.2) is 23.0 Å². The number of amides is 1. The first kappa shape index (κ1) is 20.3. The first-order chi connectivity index (χ1) is 14.6. The Hall–Kier alpha value is -2.96. The molecule has 0 aliphatic heterocycles. The topological polar surface area (TPSA) is 55.3 Å². The molecule has 2 aromatic heterocycles. The molecule has 1 amide bonds. The summed E-state index contributed by atoms with van der Waals surface area (Å²) in [6.45, 7) is 2.39. The van der Waals surface area contributed by atoms with E-state index in [0.29, 0.717) is 21.5 Å². The van der Waals surface area contributed by atoms with Crippen LogP contribution in [0.1, 0.15) is 28.5 Å². The highest BCUT2D eigenvalue weighted by atomic mass is 35.5. The van der Waals surface area contributed by atoms with Gasteiger partial charge in [-0.15, -0.1) is 0 Å². The number of carbonyl (C=O) groups excluding carboxylic acids is 1. The highest BCUT2D eigenvalue weighted by Crippen LogP contribution is 2.34. The Morgan fingerprint density at radius 3 is 2.77 bits per heavy atom. The number of rotatable bonds is 6. The van der Waals surface area contributed by atoms with E-state index < -0.39 is 0 Å². The van der Waals surface area contributed by atoms with Crippen molar-refractivity contribution in [3.8, 4) is 5.75 Å². The zero-order chi connectivity index (χ0) is 21.1. The van der Waals surface area contributed by atoms with Crippen LogP contribution in [0.15, 0.2) is 60.8 Å². The molecule has 2 heterocycles. The van der Waals surface area contributed by atoms with Crippen LogP contribution < -0.4 is 9.64 Å². The van der Waals surface area contributed by atoms with Crippen LogP contribution in [-0.2, 0) is 13.0 Å². The number of para-hydroxylation sites is 1. The molecule has 0 N–H and O–H groups in total. The number of pyridine rings is 1. The largest absolute Gasteiger partial charge is 0.496 e. The van der Waals surface area contributed by atoms with E-state index in [0.717, 1.165) is 27.9 Å². The van der Waals surface area contributed by atoms with Crippen LogP contribution in [0.2, 0.25) is 5.02 Å². The van der Waals surface area contributed by atoms with Gasteiger partial charge in [-0.1, -0.05) is 48.1 Å². The van der Waals surface area contributed by atoms with Crippen molar-refractivity contribution < 1.29 is 9.53 Å². The zero-order valence-corrected chi connectivity index (χ0v) is 18.2. The molecule has 0 saturated heterocycles. The molecule has 4 rings (SSSR count). The molecular weight excluding hydrogens is 418 g/mol. The van der Waals surface area contributed by atoms with Crippen LogP contribution in [0, 0.1) is 0 Å². The molecule has 2 aromatic carbocycles. The van der Waals surface area contributed by atoms with Crippen LogP contribution >= 0.6 is 22.9 Å². The number of thiazole rings is 1. The Balaban J connectivity index is 1.83. The van der Waals surface area contributed by atoms with E-state index in [2.05, 4.69) is 18.0 Å². The summed E-state index contributed by atoms with van der Waals surface area (Å²) in [6, 6.07) is 16.8. The Morgan fingerprint density at radius 1 is 1.17 bits per heavy atom. The number of hydrogen-bond donors (Lipinski definition) is 0. The molecule has 0 fully saturated rings. The maximum absolute atomic E-state index is 13.6. The van der Waals surface area contributed by atoms with Gasteiger partial charge in [-0.2, -0.15) is 0 Å². The van der Waals surface area contributed by atoms with E-state index in [4.69, 9.17) is 21.3 Å². The van der Waals surface area contributed by atoms with Gasteiger partial charge in [-0.05, 0) is 48.4 Å². The molecular formula is C23H20ClN3O2S. The molecule has 0 spiro atoms. The first-order valence-corrected chi connectivity index (χ1v) is 10.7. The fourth-order valence-corrected chi connectivity index (χ4v) is 4.45. The molecule has 152 valence electrons. The number of aryl methyl sites for hydroxylation is 1. The molecule has 0 atom stereocenters. The fourth-order valence-electron chi connectivity index (χ4n) is 3.27. The van der Waals surface area contributed by atoms with Crippen molar-refractivity contribution in [2.75, 3.05) is 12.0 Å². The number of aromatic nitrogens is 2. The summed E-state index contributed by atoms with van der Waals surface area (Å²) in [5.41, 5.74) is 3.23. The second kappa shape index (κ2) is 8.81. The third kappa shape index (κ3) is 4.01. The van der Waals surface area contributed by atoms with E-state index in [1.165, 1.54) is 18.4 Å². The van der Waals surface area contributed by atoms with Crippen molar-refractivity contribution in [1.82, 2.24) is 9.97 Å². The number of hydrogen-bond acceptors (Lipinski definition) is 5. The highest BCUT2D eigenvalue weighted by Gasteiger charge is 2.25. The van der Waals surface area contributed by atoms with E-state index in [-0.39, 0.29) is 12.5 Å². The zero-order valence-electron chi connectivity index (χ0n) is 16.6. The number of carbonyl (C=O) groups is 1. The first-order valence-electron chi connectivity index (χ1n) is 9.54. The van der Waals surface area contributed by atoms with Gasteiger partial charge in [0.2, 0.25) is 0 Å². The monoisotopic (exact) mass is 437 g/mol. The van der Waals surface area contributed by atoms with E-state index in [1.54, 1.807) is 29.3 Å². The maximum atomic E-state index is 13.6. The average Bonchev–Trinajstić information content (AvgIpc) is 3.21. The van der Waals surface area contributed by atoms with Gasteiger partial charge in [0.15, 0.2) is 5.13 Å². The Bertz CT molecular complexity index is 1190. The SMILES string of the molecule is CCc1cccc2sc(N(Cc3ccccn3)C(=O)c3cc(Cl)ccc3OC)nc12. The number of fused-ring (bicyclic) bond motifs is 1. The Morgan fingerprint density at radius 2 is 2.03 bits per heavy atom. The lowest BCUT2D eigenvalue weighted by molar-refractivity contribution is 0.0982. The van der Waals surface area contributed by atoms with Gasteiger partial charge in [-0.25, -0.2) is 4.98 Å². The quantitative estimate of drug-likeness (QED) is 0.384. The highest BCUT2D eigenvalue weighted by molar-refractivity contribution is 7.22. The summed E-state index contributed by atoms with van der Waals surface area (Å²) in [5.74, 6) is 0.225. The molecule has 0 radical (unpaired) electrons. The lowest BCUT2D eigenvalue weighted by Gasteiger charge is -2.21. The van der Waals surface area contributed by atoms with Gasteiger partial charge in [0, 0.05) is 11.2 Å². The lowest BCUT2D eigenvalue weighted by atomic mass is 10.1. The molecule has 0 aliphatic carbocycles. The van der Waals surface area contributed by atoms with Crippen LogP contribution in [0.5, 0.6) is 5.75 Å². The fraction of sp³-hybridized carbons (Fsp3) is 0.174. The van der Waals surface area contributed by atoms with E-state index in [1.807, 2.05) is 30.3 Å². The van der Waals surface area contributed by atoms with Crippen LogP contribution in [0.25, 0.3) is 10.2 Å². The van der Waals surface area contributed by atoms with E-state index in [9.17, 15) is 4.79 Å². The normalized spacial score (nSPS) is 10.9. The van der Waals surface area contributed by atoms with Crippen molar-refractivity contribution in [2.24, 2.45) is 0 Å². The summed E-state index contributed by atoms with van der Waals surface area (Å²) >= 11 is 7.67. The van der Waals surface area contributed by atoms with Gasteiger partial charge in [-0.3, -0.25) is 14.7 Å². The number of nitrogens with zero attached hydrogens (tertiary/aromatic N) is 3. The summed E-state index contributed by atoms with van der Waals surface area (Å²) in [5, 5.41) is 1.08. The third-order valence-electron chi connectivity index (χ3n) is 4.79. The van der Waals surface area contributed by atoms with Gasteiger partial charge < -0.3 is 4.74 Å². The number of ether oxygens (including phenoxy) is 1. The minimum Gasteiger partial charge on any atom is -0.496 e. The summed E-state index contributed by atoms with van der Waals surface area (Å²) in [6.07, 6.45) is 2.59.